The van der Waals surface area contributed by atoms with Gasteiger partial charge in [-0.3, -0.25) is 0 Å². The quantitative estimate of drug-likeness (QED) is 0.218. The van der Waals surface area contributed by atoms with E-state index in [9.17, 15) is 0 Å². The zero-order valence-corrected chi connectivity index (χ0v) is 18.8. The second-order valence-electron chi connectivity index (χ2n) is 7.13. The van der Waals surface area contributed by atoms with Crippen molar-refractivity contribution in [3.05, 3.63) is 127 Å². The lowest BCUT2D eigenvalue weighted by Crippen LogP contribution is -2.35. The molecule has 4 rings (SSSR count). The number of rotatable bonds is 7. The minimum Gasteiger partial charge on any atom is -0.0926 e. The molecule has 0 heterocycles. The first-order chi connectivity index (χ1) is 14.4. The van der Waals surface area contributed by atoms with Gasteiger partial charge in [-0.2, -0.15) is 0 Å². The molecule has 0 saturated heterocycles. The zero-order valence-electron chi connectivity index (χ0n) is 16.4. The Morgan fingerprint density at radius 3 is 1.21 bits per heavy atom. The average molecular weight is 460 g/mol. The summed E-state index contributed by atoms with van der Waals surface area (Å²) in [5.74, 6) is 0. The van der Waals surface area contributed by atoms with Crippen LogP contribution in [0, 0.1) is 0 Å². The third-order valence-electron chi connectivity index (χ3n) is 5.52. The maximum atomic E-state index is 3.78. The van der Waals surface area contributed by atoms with Crippen LogP contribution in [0.4, 0.5) is 0 Å². The predicted octanol–water partition coefficient (Wildman–Crippen LogP) is 6.51. The second-order valence-corrected chi connectivity index (χ2v) is 11.5. The van der Waals surface area contributed by atoms with Crippen LogP contribution in [0.2, 0.25) is 0 Å². The summed E-state index contributed by atoms with van der Waals surface area (Å²) in [6.45, 7) is 0. The predicted molar refractivity (Wildman–Crippen MR) is 133 cm³/mol. The van der Waals surface area contributed by atoms with Crippen molar-refractivity contribution in [1.82, 2.24) is 0 Å². The van der Waals surface area contributed by atoms with E-state index in [0.29, 0.717) is 5.66 Å². The van der Waals surface area contributed by atoms with Crippen molar-refractivity contribution in [2.45, 2.75) is 12.1 Å². The van der Waals surface area contributed by atoms with E-state index in [4.69, 9.17) is 0 Å². The van der Waals surface area contributed by atoms with Gasteiger partial charge in [0.1, 0.15) is 28.8 Å². The highest BCUT2D eigenvalue weighted by molar-refractivity contribution is 9.09. The highest BCUT2D eigenvalue weighted by atomic mass is 79.9. The highest BCUT2D eigenvalue weighted by Gasteiger charge is 2.52. The largest absolute Gasteiger partial charge is 0.119 e. The number of benzene rings is 4. The Balaban J connectivity index is 2.10. The molecule has 0 amide bonds. The number of hydrogen-bond acceptors (Lipinski definition) is 0. The molecule has 1 unspecified atom stereocenters. The van der Waals surface area contributed by atoms with Gasteiger partial charge < -0.3 is 0 Å². The standard InChI is InChI=1S/C27H25BrP/c28-22-21-27(23-13-5-1-6-14-23)29(24-15-7-2-8-16-24,25-17-9-3-10-18-25)26-19-11-4-12-20-26/h1-20,27H,21-22H2/q+1. The minimum atomic E-state index is -1.93. The van der Waals surface area contributed by atoms with Crippen LogP contribution in [0.3, 0.4) is 0 Å². The Morgan fingerprint density at radius 1 is 0.517 bits per heavy atom. The molecule has 0 N–H and O–H groups in total. The van der Waals surface area contributed by atoms with Crippen LogP contribution >= 0.6 is 23.2 Å². The molecule has 1 atom stereocenters. The fourth-order valence-electron chi connectivity index (χ4n) is 4.34. The minimum absolute atomic E-state index is 0.398. The fraction of sp³-hybridized carbons (Fsp3) is 0.111. The molecule has 2 heteroatoms. The van der Waals surface area contributed by atoms with E-state index in [1.807, 2.05) is 0 Å². The van der Waals surface area contributed by atoms with E-state index in [1.165, 1.54) is 21.5 Å². The van der Waals surface area contributed by atoms with Gasteiger partial charge >= 0.3 is 0 Å². The van der Waals surface area contributed by atoms with Gasteiger partial charge in [-0.05, 0) is 48.4 Å². The van der Waals surface area contributed by atoms with Crippen LogP contribution in [-0.2, 0) is 0 Å². The second kappa shape index (κ2) is 9.53. The van der Waals surface area contributed by atoms with Crippen LogP contribution in [-0.4, -0.2) is 5.33 Å². The van der Waals surface area contributed by atoms with E-state index in [-0.39, 0.29) is 0 Å². The molecule has 0 aromatic heterocycles. The van der Waals surface area contributed by atoms with Crippen LogP contribution in [0.15, 0.2) is 121 Å². The van der Waals surface area contributed by atoms with E-state index in [2.05, 4.69) is 137 Å². The summed E-state index contributed by atoms with van der Waals surface area (Å²) >= 11 is 3.78. The number of halogens is 1. The van der Waals surface area contributed by atoms with Crippen molar-refractivity contribution >= 4 is 39.1 Å². The van der Waals surface area contributed by atoms with Crippen molar-refractivity contribution in [1.29, 1.82) is 0 Å². The highest BCUT2D eigenvalue weighted by Crippen LogP contribution is 2.67. The van der Waals surface area contributed by atoms with E-state index in [1.54, 1.807) is 0 Å². The Hall–Kier alpha value is -2.21. The molecular formula is C27H25BrP+. The molecule has 4 aromatic rings. The van der Waals surface area contributed by atoms with Crippen molar-refractivity contribution in [3.63, 3.8) is 0 Å². The van der Waals surface area contributed by atoms with Crippen LogP contribution in [0.1, 0.15) is 17.6 Å². The maximum Gasteiger partial charge on any atom is 0.119 e. The van der Waals surface area contributed by atoms with Gasteiger partial charge in [-0.25, -0.2) is 0 Å². The molecule has 0 nitrogen and oxygen atoms in total. The topological polar surface area (TPSA) is 0 Å². The summed E-state index contributed by atoms with van der Waals surface area (Å²) in [5, 5.41) is 5.28. The molecule has 0 radical (unpaired) electrons. The van der Waals surface area contributed by atoms with Gasteiger partial charge in [-0.15, -0.1) is 0 Å². The number of hydrogen-bond donors (Lipinski definition) is 0. The van der Waals surface area contributed by atoms with Gasteiger partial charge in [-0.1, -0.05) is 101 Å². The molecule has 0 saturated carbocycles. The monoisotopic (exact) mass is 459 g/mol. The first-order valence-corrected chi connectivity index (χ1v) is 13.0. The van der Waals surface area contributed by atoms with Crippen molar-refractivity contribution in [2.24, 2.45) is 0 Å². The summed E-state index contributed by atoms with van der Waals surface area (Å²) in [6, 6.07) is 44.5. The normalized spacial score (nSPS) is 12.4. The molecule has 0 fully saturated rings. The lowest BCUT2D eigenvalue weighted by Gasteiger charge is -2.35. The Morgan fingerprint density at radius 2 is 0.862 bits per heavy atom. The van der Waals surface area contributed by atoms with Gasteiger partial charge in [0.25, 0.3) is 0 Å². The van der Waals surface area contributed by atoms with E-state index < -0.39 is 7.26 Å². The summed E-state index contributed by atoms with van der Waals surface area (Å²) in [7, 11) is -1.93. The lowest BCUT2D eigenvalue weighted by atomic mass is 10.1. The first kappa shape index (κ1) is 20.1. The van der Waals surface area contributed by atoms with Crippen molar-refractivity contribution in [2.75, 3.05) is 5.33 Å². The Bertz CT molecular complexity index is 905. The summed E-state index contributed by atoms with van der Waals surface area (Å²) in [4.78, 5) is 0. The summed E-state index contributed by atoms with van der Waals surface area (Å²) in [5.41, 5.74) is 1.81. The number of alkyl halides is 1. The zero-order chi connectivity index (χ0) is 19.9. The van der Waals surface area contributed by atoms with Crippen LogP contribution in [0.5, 0.6) is 0 Å². The van der Waals surface area contributed by atoms with Gasteiger partial charge in [0.15, 0.2) is 0 Å². The molecule has 0 spiro atoms. The van der Waals surface area contributed by atoms with E-state index in [0.717, 1.165) is 11.8 Å². The molecule has 0 aliphatic carbocycles. The third kappa shape index (κ3) is 3.95. The van der Waals surface area contributed by atoms with Gasteiger partial charge in [0, 0.05) is 5.33 Å². The fourth-order valence-corrected chi connectivity index (χ4v) is 10.2. The lowest BCUT2D eigenvalue weighted by molar-refractivity contribution is 0.898. The molecule has 144 valence electrons. The summed E-state index contributed by atoms with van der Waals surface area (Å²) in [6.07, 6.45) is 1.08. The van der Waals surface area contributed by atoms with E-state index >= 15 is 0 Å². The smallest absolute Gasteiger partial charge is 0.0926 e. The Labute approximate surface area is 183 Å². The van der Waals surface area contributed by atoms with Crippen molar-refractivity contribution in [3.8, 4) is 0 Å². The maximum absolute atomic E-state index is 3.78. The SMILES string of the molecule is BrCCC(c1ccccc1)[P+](c1ccccc1)(c1ccccc1)c1ccccc1. The van der Waals surface area contributed by atoms with Crippen LogP contribution in [0.25, 0.3) is 0 Å². The van der Waals surface area contributed by atoms with Crippen molar-refractivity contribution < 1.29 is 0 Å². The molecular weight excluding hydrogens is 435 g/mol. The van der Waals surface area contributed by atoms with Gasteiger partial charge in [0.05, 0.1) is 0 Å². The molecule has 0 aliphatic heterocycles. The molecule has 0 bridgehead atoms. The Kier molecular flexibility index (Phi) is 6.60. The van der Waals surface area contributed by atoms with Crippen LogP contribution < -0.4 is 15.9 Å². The summed E-state index contributed by atoms with van der Waals surface area (Å²) < 4.78 is 0. The van der Waals surface area contributed by atoms with Gasteiger partial charge in [0.2, 0.25) is 0 Å². The third-order valence-corrected chi connectivity index (χ3v) is 10.8. The average Bonchev–Trinajstić information content (AvgIpc) is 2.82. The first-order valence-electron chi connectivity index (χ1n) is 10.0. The molecule has 0 aliphatic rings. The molecule has 4 aromatic carbocycles. The molecule has 29 heavy (non-hydrogen) atoms.